The molecule has 1 aromatic heterocycles. The average Bonchev–Trinajstić information content (AvgIpc) is 2.52. The van der Waals surface area contributed by atoms with Gasteiger partial charge >= 0.3 is 0 Å². The van der Waals surface area contributed by atoms with Gasteiger partial charge in [0, 0.05) is 12.7 Å². The summed E-state index contributed by atoms with van der Waals surface area (Å²) < 4.78 is 0. The average molecular weight is 352 g/mol. The molecule has 0 fully saturated rings. The molecule has 2 N–H and O–H groups in total. The van der Waals surface area contributed by atoms with Gasteiger partial charge in [0.2, 0.25) is 0 Å². The molecule has 122 valence electrons. The van der Waals surface area contributed by atoms with Crippen LogP contribution in [0.5, 0.6) is 0 Å². The molecule has 2 rings (SSSR count). The van der Waals surface area contributed by atoms with Crippen LogP contribution in [-0.4, -0.2) is 17.4 Å². The van der Waals surface area contributed by atoms with Gasteiger partial charge in [-0.3, -0.25) is 9.78 Å². The van der Waals surface area contributed by atoms with Crippen molar-refractivity contribution in [1.29, 1.82) is 0 Å². The number of aromatic nitrogens is 1. The van der Waals surface area contributed by atoms with Crippen molar-refractivity contribution in [2.45, 2.75) is 20.3 Å². The molecule has 0 bridgehead atoms. The van der Waals surface area contributed by atoms with Crippen molar-refractivity contribution in [1.82, 2.24) is 10.3 Å². The van der Waals surface area contributed by atoms with E-state index >= 15 is 0 Å². The molecule has 0 unspecified atom stereocenters. The molecule has 23 heavy (non-hydrogen) atoms. The van der Waals surface area contributed by atoms with Crippen LogP contribution in [0.25, 0.3) is 0 Å². The molecule has 0 saturated heterocycles. The monoisotopic (exact) mass is 351 g/mol. The van der Waals surface area contributed by atoms with Crippen LogP contribution in [0.15, 0.2) is 36.7 Å². The molecule has 2 aromatic rings. The normalized spacial score (nSPS) is 10.7. The highest BCUT2D eigenvalue weighted by Gasteiger charge is 2.09. The first kappa shape index (κ1) is 17.6. The summed E-state index contributed by atoms with van der Waals surface area (Å²) >= 11 is 12.1. The van der Waals surface area contributed by atoms with Crippen LogP contribution in [0.4, 0.5) is 11.4 Å². The first-order valence-corrected chi connectivity index (χ1v) is 8.17. The van der Waals surface area contributed by atoms with Crippen molar-refractivity contribution >= 4 is 40.5 Å². The van der Waals surface area contributed by atoms with Gasteiger partial charge in [-0.1, -0.05) is 43.1 Å². The Kier molecular flexibility index (Phi) is 6.25. The topological polar surface area (TPSA) is 54.0 Å². The summed E-state index contributed by atoms with van der Waals surface area (Å²) in [5.41, 5.74) is 1.83. The van der Waals surface area contributed by atoms with E-state index in [1.54, 1.807) is 24.4 Å². The molecule has 0 aliphatic rings. The van der Waals surface area contributed by atoms with Crippen molar-refractivity contribution in [2.24, 2.45) is 5.92 Å². The Morgan fingerprint density at radius 1 is 1.26 bits per heavy atom. The number of hydrogen-bond acceptors (Lipinski definition) is 3. The fourth-order valence-electron chi connectivity index (χ4n) is 1.96. The largest absolute Gasteiger partial charge is 0.353 e. The van der Waals surface area contributed by atoms with Crippen molar-refractivity contribution in [3.05, 3.63) is 52.3 Å². The molecule has 0 radical (unpaired) electrons. The minimum absolute atomic E-state index is 0.140. The number of amides is 1. The Hall–Kier alpha value is -1.78. The molecule has 4 nitrogen and oxygen atoms in total. The zero-order valence-electron chi connectivity index (χ0n) is 13.1. The lowest BCUT2D eigenvalue weighted by Crippen LogP contribution is -2.25. The van der Waals surface area contributed by atoms with Gasteiger partial charge in [0.05, 0.1) is 33.2 Å². The molecule has 1 amide bonds. The van der Waals surface area contributed by atoms with Crippen LogP contribution in [0.3, 0.4) is 0 Å². The highest BCUT2D eigenvalue weighted by atomic mass is 35.5. The zero-order valence-corrected chi connectivity index (χ0v) is 14.6. The first-order chi connectivity index (χ1) is 11.0. The van der Waals surface area contributed by atoms with E-state index in [0.717, 1.165) is 6.42 Å². The highest BCUT2D eigenvalue weighted by molar-refractivity contribution is 6.43. The Labute approximate surface area is 146 Å². The third-order valence-corrected chi connectivity index (χ3v) is 4.06. The second-order valence-corrected chi connectivity index (χ2v) is 6.41. The minimum atomic E-state index is -0.140. The molecule has 0 atom stereocenters. The van der Waals surface area contributed by atoms with Crippen LogP contribution < -0.4 is 10.6 Å². The van der Waals surface area contributed by atoms with Gasteiger partial charge in [-0.15, -0.1) is 0 Å². The number of anilines is 2. The van der Waals surface area contributed by atoms with Gasteiger partial charge in [-0.05, 0) is 30.5 Å². The summed E-state index contributed by atoms with van der Waals surface area (Å²) in [5.74, 6) is 0.408. The van der Waals surface area contributed by atoms with Crippen molar-refractivity contribution in [3.8, 4) is 0 Å². The maximum atomic E-state index is 12.1. The molecule has 0 spiro atoms. The van der Waals surface area contributed by atoms with E-state index in [4.69, 9.17) is 23.2 Å². The van der Waals surface area contributed by atoms with E-state index in [0.29, 0.717) is 39.4 Å². The minimum Gasteiger partial charge on any atom is -0.353 e. The van der Waals surface area contributed by atoms with Crippen LogP contribution in [0, 0.1) is 5.92 Å². The predicted octanol–water partition coefficient (Wildman–Crippen LogP) is 4.91. The first-order valence-electron chi connectivity index (χ1n) is 7.41. The third kappa shape index (κ3) is 5.12. The lowest BCUT2D eigenvalue weighted by atomic mass is 10.1. The van der Waals surface area contributed by atoms with Crippen LogP contribution in [-0.2, 0) is 0 Å². The summed E-state index contributed by atoms with van der Waals surface area (Å²) in [5, 5.41) is 6.91. The number of pyridine rings is 1. The SMILES string of the molecule is CC(C)CCNC(=O)c1cncc(Nc2cccc(Cl)c2Cl)c1. The summed E-state index contributed by atoms with van der Waals surface area (Å²) in [6.45, 7) is 4.88. The second kappa shape index (κ2) is 8.18. The fraction of sp³-hybridized carbons (Fsp3) is 0.294. The Balaban J connectivity index is 2.07. The Morgan fingerprint density at radius 3 is 2.78 bits per heavy atom. The summed E-state index contributed by atoms with van der Waals surface area (Å²) in [4.78, 5) is 16.2. The fourth-order valence-corrected chi connectivity index (χ4v) is 2.31. The molecule has 0 aliphatic carbocycles. The van der Waals surface area contributed by atoms with Crippen LogP contribution in [0.2, 0.25) is 10.0 Å². The van der Waals surface area contributed by atoms with Gasteiger partial charge in [0.25, 0.3) is 5.91 Å². The van der Waals surface area contributed by atoms with E-state index in [1.165, 1.54) is 6.20 Å². The summed E-state index contributed by atoms with van der Waals surface area (Å²) in [7, 11) is 0. The number of nitrogens with zero attached hydrogens (tertiary/aromatic N) is 1. The number of carbonyl (C=O) groups excluding carboxylic acids is 1. The number of hydrogen-bond donors (Lipinski definition) is 2. The molecule has 0 saturated carbocycles. The number of carbonyl (C=O) groups is 1. The highest BCUT2D eigenvalue weighted by Crippen LogP contribution is 2.31. The maximum absolute atomic E-state index is 12.1. The van der Waals surface area contributed by atoms with E-state index < -0.39 is 0 Å². The van der Waals surface area contributed by atoms with Crippen molar-refractivity contribution < 1.29 is 4.79 Å². The Morgan fingerprint density at radius 2 is 2.04 bits per heavy atom. The van der Waals surface area contributed by atoms with Gasteiger partial charge in [0.15, 0.2) is 0 Å². The van der Waals surface area contributed by atoms with Crippen LogP contribution in [0.1, 0.15) is 30.6 Å². The van der Waals surface area contributed by atoms with Crippen molar-refractivity contribution in [3.63, 3.8) is 0 Å². The smallest absolute Gasteiger partial charge is 0.252 e. The summed E-state index contributed by atoms with van der Waals surface area (Å²) in [6, 6.07) is 7.05. The van der Waals surface area contributed by atoms with E-state index in [1.807, 2.05) is 6.07 Å². The summed E-state index contributed by atoms with van der Waals surface area (Å²) in [6.07, 6.45) is 4.10. The van der Waals surface area contributed by atoms with Gasteiger partial charge in [-0.2, -0.15) is 0 Å². The lowest BCUT2D eigenvalue weighted by molar-refractivity contribution is 0.0951. The molecule has 1 heterocycles. The van der Waals surface area contributed by atoms with E-state index in [9.17, 15) is 4.79 Å². The van der Waals surface area contributed by atoms with Gasteiger partial charge in [-0.25, -0.2) is 0 Å². The standard InChI is InChI=1S/C17H19Cl2N3O/c1-11(2)6-7-21-17(23)12-8-13(10-20-9-12)22-15-5-3-4-14(18)16(15)19/h3-5,8-11,22H,6-7H2,1-2H3,(H,21,23). The van der Waals surface area contributed by atoms with Gasteiger partial charge in [0.1, 0.15) is 0 Å². The van der Waals surface area contributed by atoms with Crippen molar-refractivity contribution in [2.75, 3.05) is 11.9 Å². The zero-order chi connectivity index (χ0) is 16.8. The quantitative estimate of drug-likeness (QED) is 0.777. The molecule has 1 aromatic carbocycles. The second-order valence-electron chi connectivity index (χ2n) is 5.63. The number of rotatable bonds is 6. The molecular weight excluding hydrogens is 333 g/mol. The van der Waals surface area contributed by atoms with Crippen LogP contribution >= 0.6 is 23.2 Å². The predicted molar refractivity (Wildman–Crippen MR) is 95.8 cm³/mol. The maximum Gasteiger partial charge on any atom is 0.252 e. The van der Waals surface area contributed by atoms with Gasteiger partial charge < -0.3 is 10.6 Å². The lowest BCUT2D eigenvalue weighted by Gasteiger charge is -2.11. The van der Waals surface area contributed by atoms with E-state index in [2.05, 4.69) is 29.5 Å². The van der Waals surface area contributed by atoms with E-state index in [-0.39, 0.29) is 5.91 Å². The molecule has 0 aliphatic heterocycles. The molecular formula is C17H19Cl2N3O. The third-order valence-electron chi connectivity index (χ3n) is 3.24. The number of benzene rings is 1. The number of halogens is 2. The number of nitrogens with one attached hydrogen (secondary N) is 2. The Bertz CT molecular complexity index is 689. The molecule has 6 heteroatoms.